The second-order valence-electron chi connectivity index (χ2n) is 43.4. The van der Waals surface area contributed by atoms with Gasteiger partial charge in [0.05, 0.1) is 34.6 Å². The largest absolute Gasteiger partial charge is 0.458 e. The summed E-state index contributed by atoms with van der Waals surface area (Å²) in [5, 5.41) is 55.8. The lowest BCUT2D eigenvalue weighted by atomic mass is 9.43. The molecule has 0 aromatic heterocycles. The SMILES string of the molecule is CC[C@]1(O)CC[C@@]2(C)[C@@H](CC[C@@H]3[C@@H]2CC[C@]2(C)[C@@H]([C@H](C)[C@@H](O)CC4CCOCC4)CC[C@@H]32)C1.CC[C@]1(O)CC[C@@]2(C)[C@@H](CC[C@@H]3[C@@H]2CC[C@]2(C)[C@@H]([C@H](C)[C@@H](O)CC4CCOCC4)CC[C@@H]32)C1.CC[C@]1(O)CC[C@@]2(C)[C@@H](CC[C@@H]3[C@@H]2CC[C@]2(C)[C@@H]([C@H](C)[C@H](CC4CCOCC4)OC(=O)c4ccccc4)CC[C@@H]32)C1. The molecular weight excluding hydrogens is 1330 g/mol. The highest BCUT2D eigenvalue weighted by atomic mass is 16.5. The van der Waals surface area contributed by atoms with Crippen molar-refractivity contribution in [3.05, 3.63) is 35.9 Å². The number of hydrogen-bond acceptors (Lipinski definition) is 10. The Morgan fingerprint density at radius 2 is 0.692 bits per heavy atom. The Morgan fingerprint density at radius 3 is 1.02 bits per heavy atom. The van der Waals surface area contributed by atoms with Crippen molar-refractivity contribution in [2.75, 3.05) is 39.6 Å². The first-order valence-corrected chi connectivity index (χ1v) is 46.6. The third kappa shape index (κ3) is 15.8. The van der Waals surface area contributed by atoms with Crippen molar-refractivity contribution in [2.45, 2.75) is 369 Å². The van der Waals surface area contributed by atoms with Crippen LogP contribution in [0, 0.1) is 157 Å². The maximum absolute atomic E-state index is 13.3. The first kappa shape index (κ1) is 81.9. The molecule has 5 N–H and O–H groups in total. The van der Waals surface area contributed by atoms with Gasteiger partial charge < -0.3 is 44.5 Å². The van der Waals surface area contributed by atoms with Crippen molar-refractivity contribution < 1.29 is 49.3 Å². The van der Waals surface area contributed by atoms with Gasteiger partial charge in [-0.3, -0.25) is 0 Å². The summed E-state index contributed by atoms with van der Waals surface area (Å²) in [5.74, 6) is 14.6. The summed E-state index contributed by atoms with van der Waals surface area (Å²) < 4.78 is 23.2. The maximum Gasteiger partial charge on any atom is 0.338 e. The first-order chi connectivity index (χ1) is 51.1. The van der Waals surface area contributed by atoms with Crippen LogP contribution >= 0.6 is 0 Å². The highest BCUT2D eigenvalue weighted by molar-refractivity contribution is 5.89. The van der Waals surface area contributed by atoms with Crippen LogP contribution in [-0.4, -0.2) is 106 Å². The molecule has 608 valence electrons. The van der Waals surface area contributed by atoms with Gasteiger partial charge in [-0.25, -0.2) is 4.79 Å². The van der Waals surface area contributed by atoms with E-state index in [1.165, 1.54) is 135 Å². The van der Waals surface area contributed by atoms with E-state index in [9.17, 15) is 30.3 Å². The lowest BCUT2D eigenvalue weighted by Gasteiger charge is -2.62. The average Bonchev–Trinajstić information content (AvgIpc) is 1.67. The summed E-state index contributed by atoms with van der Waals surface area (Å²) in [6, 6.07) is 9.59. The molecule has 107 heavy (non-hydrogen) atoms. The fourth-order valence-electron chi connectivity index (χ4n) is 32.0. The molecule has 15 aliphatic rings. The van der Waals surface area contributed by atoms with Crippen LogP contribution in [0.4, 0.5) is 0 Å². The molecule has 3 saturated heterocycles. The molecule has 0 unspecified atom stereocenters. The number of carbonyl (C=O) groups is 1. The normalized spacial score (nSPS) is 47.2. The number of esters is 1. The summed E-state index contributed by atoms with van der Waals surface area (Å²) in [5.41, 5.74) is 1.89. The molecule has 12 aliphatic carbocycles. The fraction of sp³-hybridized carbons (Fsp3) is 0.928. The number of hydrogen-bond donors (Lipinski definition) is 5. The van der Waals surface area contributed by atoms with Crippen LogP contribution in [0.25, 0.3) is 0 Å². The Morgan fingerprint density at radius 1 is 0.383 bits per heavy atom. The van der Waals surface area contributed by atoms with Gasteiger partial charge in [-0.15, -0.1) is 0 Å². The van der Waals surface area contributed by atoms with Crippen LogP contribution in [0.1, 0.15) is 344 Å². The Bertz CT molecular complexity index is 2930. The predicted molar refractivity (Wildman–Crippen MR) is 431 cm³/mol. The Kier molecular flexibility index (Phi) is 25.1. The van der Waals surface area contributed by atoms with Crippen molar-refractivity contribution in [3.63, 3.8) is 0 Å². The molecule has 0 bridgehead atoms. The van der Waals surface area contributed by atoms with E-state index in [-0.39, 0.29) is 24.3 Å². The second kappa shape index (κ2) is 32.8. The van der Waals surface area contributed by atoms with Crippen LogP contribution in [0.3, 0.4) is 0 Å². The van der Waals surface area contributed by atoms with Gasteiger partial charge in [0.2, 0.25) is 0 Å². The summed E-state index contributed by atoms with van der Waals surface area (Å²) in [6.45, 7) is 34.6. The molecule has 3 heterocycles. The number of aliphatic hydroxyl groups is 5. The van der Waals surface area contributed by atoms with E-state index < -0.39 is 16.8 Å². The number of fused-ring (bicyclic) bond motifs is 15. The third-order valence-corrected chi connectivity index (χ3v) is 39.4. The van der Waals surface area contributed by atoms with E-state index in [4.69, 9.17) is 18.9 Å². The molecule has 10 nitrogen and oxygen atoms in total. The molecule has 0 spiro atoms. The summed E-state index contributed by atoms with van der Waals surface area (Å²) in [7, 11) is 0. The Hall–Kier alpha value is -1.63. The topological polar surface area (TPSA) is 155 Å². The molecule has 0 amide bonds. The molecule has 1 aromatic carbocycles. The van der Waals surface area contributed by atoms with E-state index in [0.717, 1.165) is 220 Å². The van der Waals surface area contributed by atoms with Crippen LogP contribution in [0.15, 0.2) is 30.3 Å². The highest BCUT2D eigenvalue weighted by Crippen LogP contribution is 2.73. The zero-order chi connectivity index (χ0) is 75.7. The van der Waals surface area contributed by atoms with Gasteiger partial charge in [0, 0.05) is 39.6 Å². The highest BCUT2D eigenvalue weighted by Gasteiger charge is 2.66. The van der Waals surface area contributed by atoms with Crippen molar-refractivity contribution in [3.8, 4) is 0 Å². The summed E-state index contributed by atoms with van der Waals surface area (Å²) in [6.07, 6.45) is 46.0. The van der Waals surface area contributed by atoms with Gasteiger partial charge in [0.25, 0.3) is 0 Å². The molecule has 30 atom stereocenters. The molecule has 15 fully saturated rings. The summed E-state index contributed by atoms with van der Waals surface area (Å²) >= 11 is 0. The number of aliphatic hydroxyl groups excluding tert-OH is 2. The predicted octanol–water partition coefficient (Wildman–Crippen LogP) is 21.7. The lowest BCUT2D eigenvalue weighted by Crippen LogP contribution is -2.56. The maximum atomic E-state index is 13.3. The number of carbonyl (C=O) groups excluding carboxylic acids is 1. The standard InChI is InChI=1S/C37H56O4.2C30H52O3/c1-5-37(39)20-19-35(3)28(24-37)11-12-29-31-14-13-30(36(31,4)18-15-32(29)35)25(2)33(23-26-16-21-40-22-17-26)41-34(38)27-9-7-6-8-10-27;2*1-5-30(32)15-14-28(3)22(19-30)6-7-23-25-9-8-24(29(25,4)13-10-26(23)28)20(2)27(31)18-21-11-16-33-17-12-21/h6-10,25-26,28-33,39H,5,11-24H2,1-4H3;2*20-27,31-32H,5-19H2,1-4H3/t25-,28-,29-,30+,31-,32-,33-,35-,36+,37-;2*20-,22-,23-,24+,25-,26-,27-,28-,29+,30-/m000/s1. The van der Waals surface area contributed by atoms with Crippen LogP contribution in [0.2, 0.25) is 0 Å². The van der Waals surface area contributed by atoms with Gasteiger partial charge in [-0.05, 0) is 419 Å². The van der Waals surface area contributed by atoms with Crippen LogP contribution < -0.4 is 0 Å². The zero-order valence-corrected chi connectivity index (χ0v) is 70.3. The molecule has 3 aliphatic heterocycles. The third-order valence-electron chi connectivity index (χ3n) is 39.4. The minimum Gasteiger partial charge on any atom is -0.458 e. The van der Waals surface area contributed by atoms with E-state index in [1.807, 2.05) is 30.3 Å². The molecule has 12 saturated carbocycles. The Balaban J connectivity index is 0.000000136. The molecule has 0 radical (unpaired) electrons. The van der Waals surface area contributed by atoms with Crippen LogP contribution in [-0.2, 0) is 18.9 Å². The number of rotatable bonds is 17. The molecular formula is C97H160O10. The van der Waals surface area contributed by atoms with Crippen molar-refractivity contribution in [2.24, 2.45) is 157 Å². The fourth-order valence-corrected chi connectivity index (χ4v) is 32.0. The van der Waals surface area contributed by atoms with Crippen molar-refractivity contribution in [1.82, 2.24) is 0 Å². The van der Waals surface area contributed by atoms with Gasteiger partial charge in [0.15, 0.2) is 0 Å². The number of ether oxygens (including phenoxy) is 4. The van der Waals surface area contributed by atoms with Gasteiger partial charge in [0.1, 0.15) is 6.10 Å². The monoisotopic (exact) mass is 1490 g/mol. The molecule has 1 aromatic rings. The zero-order valence-electron chi connectivity index (χ0n) is 70.3. The van der Waals surface area contributed by atoms with Crippen molar-refractivity contribution >= 4 is 5.97 Å². The second-order valence-corrected chi connectivity index (χ2v) is 43.4. The first-order valence-electron chi connectivity index (χ1n) is 46.6. The van der Waals surface area contributed by atoms with Gasteiger partial charge >= 0.3 is 5.97 Å². The van der Waals surface area contributed by atoms with E-state index in [1.54, 1.807) is 0 Å². The lowest BCUT2D eigenvalue weighted by molar-refractivity contribution is -0.154. The van der Waals surface area contributed by atoms with Crippen LogP contribution in [0.5, 0.6) is 0 Å². The molecule has 10 heteroatoms. The van der Waals surface area contributed by atoms with Gasteiger partial charge in [-0.2, -0.15) is 0 Å². The smallest absolute Gasteiger partial charge is 0.338 e. The van der Waals surface area contributed by atoms with E-state index in [2.05, 4.69) is 83.1 Å². The Labute approximate surface area is 652 Å². The van der Waals surface area contributed by atoms with Crippen molar-refractivity contribution in [1.29, 1.82) is 0 Å². The minimum absolute atomic E-state index is 0.0394. The number of benzene rings is 1. The van der Waals surface area contributed by atoms with Gasteiger partial charge in [-0.1, -0.05) is 101 Å². The minimum atomic E-state index is -0.426. The van der Waals surface area contributed by atoms with E-state index in [0.29, 0.717) is 97.2 Å². The van der Waals surface area contributed by atoms with E-state index >= 15 is 0 Å². The molecule has 16 rings (SSSR count). The quantitative estimate of drug-likeness (QED) is 0.0952. The summed E-state index contributed by atoms with van der Waals surface area (Å²) in [4.78, 5) is 13.3. The average molecular weight is 1490 g/mol.